The Hall–Kier alpha value is -2.89. The molecule has 1 aliphatic rings. The second-order valence-corrected chi connectivity index (χ2v) is 5.91. The molecule has 1 atom stereocenters. The fourth-order valence-electron chi connectivity index (χ4n) is 2.80. The third-order valence-corrected chi connectivity index (χ3v) is 4.06. The lowest BCUT2D eigenvalue weighted by molar-refractivity contribution is -0.114. The minimum atomic E-state index is -0.583. The molecular weight excluding hydrogens is 323 g/mol. The lowest BCUT2D eigenvalue weighted by atomic mass is 10.1. The molecular formula is C19H19FN2O3. The smallest absolute Gasteiger partial charge is 0.258 e. The minimum absolute atomic E-state index is 0.00747. The molecule has 0 saturated heterocycles. The number of nitrogens with one attached hydrogen (secondary N) is 1. The molecule has 0 aromatic heterocycles. The van der Waals surface area contributed by atoms with Gasteiger partial charge in [0.1, 0.15) is 17.7 Å². The van der Waals surface area contributed by atoms with Crippen LogP contribution in [0, 0.1) is 5.82 Å². The van der Waals surface area contributed by atoms with Gasteiger partial charge in [0, 0.05) is 12.5 Å². The van der Waals surface area contributed by atoms with Crippen molar-refractivity contribution < 1.29 is 18.7 Å². The molecule has 0 saturated carbocycles. The summed E-state index contributed by atoms with van der Waals surface area (Å²) in [6, 6.07) is 11.3. The molecule has 130 valence electrons. The van der Waals surface area contributed by atoms with Crippen molar-refractivity contribution in [3.8, 4) is 5.75 Å². The molecule has 0 unspecified atom stereocenters. The van der Waals surface area contributed by atoms with Crippen molar-refractivity contribution >= 4 is 23.2 Å². The molecule has 1 N–H and O–H groups in total. The Labute approximate surface area is 145 Å². The summed E-state index contributed by atoms with van der Waals surface area (Å²) in [5.41, 5.74) is 0.978. The Morgan fingerprint density at radius 1 is 1.28 bits per heavy atom. The molecule has 0 bridgehead atoms. The predicted octanol–water partition coefficient (Wildman–Crippen LogP) is 3.60. The first-order valence-corrected chi connectivity index (χ1v) is 8.14. The number of carbonyl (C=O) groups is 2. The zero-order valence-electron chi connectivity index (χ0n) is 14.1. The Morgan fingerprint density at radius 3 is 2.76 bits per heavy atom. The molecule has 1 heterocycles. The molecule has 5 nitrogen and oxygen atoms in total. The first-order valence-electron chi connectivity index (χ1n) is 8.14. The number of fused-ring (bicyclic) bond motifs is 1. The highest BCUT2D eigenvalue weighted by Gasteiger charge is 2.29. The Kier molecular flexibility index (Phi) is 4.70. The van der Waals surface area contributed by atoms with Crippen molar-refractivity contribution in [3.05, 3.63) is 53.8 Å². The van der Waals surface area contributed by atoms with Gasteiger partial charge in [-0.15, -0.1) is 0 Å². The van der Waals surface area contributed by atoms with E-state index in [-0.39, 0.29) is 17.7 Å². The van der Waals surface area contributed by atoms with E-state index in [1.165, 1.54) is 25.1 Å². The van der Waals surface area contributed by atoms with E-state index in [1.807, 2.05) is 31.2 Å². The van der Waals surface area contributed by atoms with Crippen LogP contribution in [0.2, 0.25) is 0 Å². The molecule has 0 fully saturated rings. The number of benzene rings is 2. The fourth-order valence-corrected chi connectivity index (χ4v) is 2.80. The maximum absolute atomic E-state index is 13.8. The first kappa shape index (κ1) is 17.0. The Morgan fingerprint density at radius 2 is 2.04 bits per heavy atom. The van der Waals surface area contributed by atoms with Crippen LogP contribution in [0.15, 0.2) is 42.5 Å². The molecule has 3 rings (SSSR count). The number of hydrogen-bond donors (Lipinski definition) is 1. The molecule has 0 aliphatic carbocycles. The molecule has 25 heavy (non-hydrogen) atoms. The molecule has 6 heteroatoms. The van der Waals surface area contributed by atoms with E-state index in [9.17, 15) is 14.0 Å². The van der Waals surface area contributed by atoms with Crippen molar-refractivity contribution in [1.82, 2.24) is 0 Å². The van der Waals surface area contributed by atoms with E-state index in [4.69, 9.17) is 4.74 Å². The van der Waals surface area contributed by atoms with Gasteiger partial charge < -0.3 is 15.0 Å². The van der Waals surface area contributed by atoms with Gasteiger partial charge in [-0.05, 0) is 36.8 Å². The lowest BCUT2D eigenvalue weighted by Gasteiger charge is -2.34. The summed E-state index contributed by atoms with van der Waals surface area (Å²) in [4.78, 5) is 25.8. The monoisotopic (exact) mass is 342 g/mol. The SMILES string of the molecule is CC[C@H]1CN(C(=O)c2ccc(F)c(NC(C)=O)c2)c2ccccc2O1. The van der Waals surface area contributed by atoms with Crippen LogP contribution in [-0.4, -0.2) is 24.5 Å². The van der Waals surface area contributed by atoms with Crippen molar-refractivity contribution in [2.24, 2.45) is 0 Å². The van der Waals surface area contributed by atoms with Crippen molar-refractivity contribution in [2.75, 3.05) is 16.8 Å². The molecule has 2 aromatic carbocycles. The number of nitrogens with zero attached hydrogens (tertiary/aromatic N) is 1. The normalized spacial score (nSPS) is 16.0. The van der Waals surface area contributed by atoms with Crippen molar-refractivity contribution in [1.29, 1.82) is 0 Å². The second kappa shape index (κ2) is 6.93. The lowest BCUT2D eigenvalue weighted by Crippen LogP contribution is -2.43. The van der Waals surface area contributed by atoms with Crippen LogP contribution in [0.3, 0.4) is 0 Å². The van der Waals surface area contributed by atoms with Gasteiger partial charge in [0.05, 0.1) is 17.9 Å². The highest BCUT2D eigenvalue weighted by atomic mass is 19.1. The average molecular weight is 342 g/mol. The summed E-state index contributed by atoms with van der Waals surface area (Å²) < 4.78 is 19.7. The van der Waals surface area contributed by atoms with Gasteiger partial charge >= 0.3 is 0 Å². The summed E-state index contributed by atoms with van der Waals surface area (Å²) in [6.45, 7) is 3.70. The van der Waals surface area contributed by atoms with Gasteiger partial charge in [-0.2, -0.15) is 0 Å². The molecule has 1 aliphatic heterocycles. The Bertz CT molecular complexity index is 822. The third kappa shape index (κ3) is 3.47. The van der Waals surface area contributed by atoms with Crippen LogP contribution in [0.1, 0.15) is 30.6 Å². The number of anilines is 2. The number of ether oxygens (including phenoxy) is 1. The summed E-state index contributed by atoms with van der Waals surface area (Å²) in [6.07, 6.45) is 0.660. The number of halogens is 1. The summed E-state index contributed by atoms with van der Waals surface area (Å²) in [5.74, 6) is -0.592. The van der Waals surface area contributed by atoms with Gasteiger partial charge in [0.15, 0.2) is 0 Å². The largest absolute Gasteiger partial charge is 0.486 e. The van der Waals surface area contributed by atoms with Crippen molar-refractivity contribution in [2.45, 2.75) is 26.4 Å². The summed E-state index contributed by atoms with van der Waals surface area (Å²) in [5, 5.41) is 2.40. The van der Waals surface area contributed by atoms with E-state index < -0.39 is 11.7 Å². The molecule has 2 amide bonds. The number of para-hydroxylation sites is 2. The highest BCUT2D eigenvalue weighted by Crippen LogP contribution is 2.35. The molecule has 0 spiro atoms. The van der Waals surface area contributed by atoms with Gasteiger partial charge in [0.25, 0.3) is 5.91 Å². The van der Waals surface area contributed by atoms with E-state index in [1.54, 1.807) is 4.90 Å². The summed E-state index contributed by atoms with van der Waals surface area (Å²) >= 11 is 0. The van der Waals surface area contributed by atoms with Gasteiger partial charge in [-0.25, -0.2) is 4.39 Å². The van der Waals surface area contributed by atoms with E-state index in [2.05, 4.69) is 5.32 Å². The van der Waals surface area contributed by atoms with Gasteiger partial charge in [0.2, 0.25) is 5.91 Å². The standard InChI is InChI=1S/C19H19FN2O3/c1-3-14-11-22(17-6-4-5-7-18(17)25-14)19(24)13-8-9-15(20)16(10-13)21-12(2)23/h4-10,14H,3,11H2,1-2H3,(H,21,23)/t14-/m0/s1. The van der Waals surface area contributed by atoms with Crippen LogP contribution >= 0.6 is 0 Å². The Balaban J connectivity index is 1.96. The number of hydrogen-bond acceptors (Lipinski definition) is 3. The fraction of sp³-hybridized carbons (Fsp3) is 0.263. The first-order chi connectivity index (χ1) is 12.0. The second-order valence-electron chi connectivity index (χ2n) is 5.91. The van der Waals surface area contributed by atoms with Crippen LogP contribution in [0.4, 0.5) is 15.8 Å². The predicted molar refractivity (Wildman–Crippen MR) is 93.5 cm³/mol. The zero-order valence-corrected chi connectivity index (χ0v) is 14.1. The average Bonchev–Trinajstić information content (AvgIpc) is 2.61. The van der Waals surface area contributed by atoms with Crippen LogP contribution < -0.4 is 15.0 Å². The number of amides is 2. The molecule has 0 radical (unpaired) electrons. The maximum Gasteiger partial charge on any atom is 0.258 e. The van der Waals surface area contributed by atoms with Crippen LogP contribution in [-0.2, 0) is 4.79 Å². The number of rotatable bonds is 3. The van der Waals surface area contributed by atoms with E-state index in [0.717, 1.165) is 6.42 Å². The summed E-state index contributed by atoms with van der Waals surface area (Å²) in [7, 11) is 0. The minimum Gasteiger partial charge on any atom is -0.486 e. The van der Waals surface area contributed by atoms with Crippen LogP contribution in [0.25, 0.3) is 0 Å². The third-order valence-electron chi connectivity index (χ3n) is 4.06. The highest BCUT2D eigenvalue weighted by molar-refractivity contribution is 6.08. The van der Waals surface area contributed by atoms with E-state index >= 15 is 0 Å². The quantitative estimate of drug-likeness (QED) is 0.927. The zero-order chi connectivity index (χ0) is 18.0. The van der Waals surface area contributed by atoms with E-state index in [0.29, 0.717) is 23.5 Å². The topological polar surface area (TPSA) is 58.6 Å². The molecule has 2 aromatic rings. The van der Waals surface area contributed by atoms with Gasteiger partial charge in [-0.3, -0.25) is 9.59 Å². The van der Waals surface area contributed by atoms with Crippen LogP contribution in [0.5, 0.6) is 5.75 Å². The maximum atomic E-state index is 13.8. The van der Waals surface area contributed by atoms with Crippen molar-refractivity contribution in [3.63, 3.8) is 0 Å². The number of carbonyl (C=O) groups excluding carboxylic acids is 2. The van der Waals surface area contributed by atoms with Gasteiger partial charge in [-0.1, -0.05) is 19.1 Å².